The van der Waals surface area contributed by atoms with E-state index in [-0.39, 0.29) is 17.7 Å². The predicted molar refractivity (Wildman–Crippen MR) is 107 cm³/mol. The van der Waals surface area contributed by atoms with Crippen LogP contribution in [0.1, 0.15) is 20.8 Å². The maximum absolute atomic E-state index is 13.7. The van der Waals surface area contributed by atoms with Crippen molar-refractivity contribution < 1.29 is 13.9 Å². The molecule has 0 saturated carbocycles. The maximum atomic E-state index is 13.7. The second kappa shape index (κ2) is 11.1. The number of ether oxygens (including phenoxy) is 2. The molecule has 0 aromatic heterocycles. The van der Waals surface area contributed by atoms with Crippen LogP contribution in [0.2, 0.25) is 0 Å². The number of morpholine rings is 1. The normalized spacial score (nSPS) is 18.2. The van der Waals surface area contributed by atoms with Crippen molar-refractivity contribution in [2.24, 2.45) is 10.9 Å². The molecule has 2 unspecified atom stereocenters. The van der Waals surface area contributed by atoms with Gasteiger partial charge in [-0.05, 0) is 25.0 Å². The average Bonchev–Trinajstić information content (AvgIpc) is 2.67. The number of hydrogen-bond donors (Lipinski definition) is 2. The number of rotatable bonds is 8. The quantitative estimate of drug-likeness (QED) is 0.534. The zero-order valence-electron chi connectivity index (χ0n) is 16.9. The second-order valence-corrected chi connectivity index (χ2v) is 7.15. The van der Waals surface area contributed by atoms with Crippen LogP contribution < -0.4 is 15.4 Å². The van der Waals surface area contributed by atoms with Gasteiger partial charge in [0, 0.05) is 32.7 Å². The van der Waals surface area contributed by atoms with Crippen LogP contribution in [0.25, 0.3) is 0 Å². The van der Waals surface area contributed by atoms with Gasteiger partial charge in [-0.2, -0.15) is 0 Å². The van der Waals surface area contributed by atoms with Crippen LogP contribution in [0.5, 0.6) is 5.75 Å². The van der Waals surface area contributed by atoms with E-state index in [1.807, 2.05) is 6.92 Å². The monoisotopic (exact) mass is 380 g/mol. The summed E-state index contributed by atoms with van der Waals surface area (Å²) in [5.74, 6) is 1.16. The zero-order chi connectivity index (χ0) is 19.6. The first-order valence-electron chi connectivity index (χ1n) is 9.68. The van der Waals surface area contributed by atoms with Gasteiger partial charge in [0.2, 0.25) is 0 Å². The molecule has 1 aliphatic rings. The fraction of sp³-hybridized carbons (Fsp3) is 0.650. The van der Waals surface area contributed by atoms with Gasteiger partial charge in [-0.1, -0.05) is 26.0 Å². The van der Waals surface area contributed by atoms with E-state index in [2.05, 4.69) is 34.4 Å². The van der Waals surface area contributed by atoms with Crippen molar-refractivity contribution in [3.05, 3.63) is 30.1 Å². The van der Waals surface area contributed by atoms with E-state index in [0.29, 0.717) is 18.5 Å². The SMILES string of the molecule is CN=C(NCC(C)Oc1ccccc1F)NCC(C(C)C)N1CCOCC1. The Labute approximate surface area is 162 Å². The van der Waals surface area contributed by atoms with Crippen LogP contribution >= 0.6 is 0 Å². The number of para-hydroxylation sites is 1. The lowest BCUT2D eigenvalue weighted by molar-refractivity contribution is 0.00751. The summed E-state index contributed by atoms with van der Waals surface area (Å²) in [6.07, 6.45) is -0.194. The Balaban J connectivity index is 1.79. The summed E-state index contributed by atoms with van der Waals surface area (Å²) < 4.78 is 24.8. The molecule has 2 atom stereocenters. The summed E-state index contributed by atoms with van der Waals surface area (Å²) in [5.41, 5.74) is 0. The predicted octanol–water partition coefficient (Wildman–Crippen LogP) is 2.11. The number of guanidine groups is 1. The molecule has 6 nitrogen and oxygen atoms in total. The number of aliphatic imine (C=N–C) groups is 1. The summed E-state index contributed by atoms with van der Waals surface area (Å²) in [5, 5.41) is 6.66. The first kappa shape index (κ1) is 21.4. The highest BCUT2D eigenvalue weighted by Crippen LogP contribution is 2.16. The van der Waals surface area contributed by atoms with Crippen molar-refractivity contribution in [3.63, 3.8) is 0 Å². The molecule has 0 amide bonds. The molecule has 0 bridgehead atoms. The summed E-state index contributed by atoms with van der Waals surface area (Å²) >= 11 is 0. The Morgan fingerprint density at radius 3 is 2.48 bits per heavy atom. The fourth-order valence-corrected chi connectivity index (χ4v) is 3.16. The van der Waals surface area contributed by atoms with E-state index in [0.717, 1.165) is 38.8 Å². The molecular weight excluding hydrogens is 347 g/mol. The van der Waals surface area contributed by atoms with Gasteiger partial charge >= 0.3 is 0 Å². The topological polar surface area (TPSA) is 58.1 Å². The highest BCUT2D eigenvalue weighted by atomic mass is 19.1. The lowest BCUT2D eigenvalue weighted by atomic mass is 10.0. The van der Waals surface area contributed by atoms with E-state index in [9.17, 15) is 4.39 Å². The molecule has 1 fully saturated rings. The van der Waals surface area contributed by atoms with Crippen molar-refractivity contribution >= 4 is 5.96 Å². The van der Waals surface area contributed by atoms with Gasteiger partial charge in [-0.25, -0.2) is 4.39 Å². The summed E-state index contributed by atoms with van der Waals surface area (Å²) in [4.78, 5) is 6.75. The number of nitrogens with one attached hydrogen (secondary N) is 2. The Kier molecular flexibility index (Phi) is 8.81. The molecular formula is C20H33FN4O2. The standard InChI is InChI=1S/C20H33FN4O2/c1-15(2)18(25-9-11-26-12-10-25)14-24-20(22-4)23-13-16(3)27-19-8-6-5-7-17(19)21/h5-8,15-16,18H,9-14H2,1-4H3,(H2,22,23,24). The smallest absolute Gasteiger partial charge is 0.191 e. The minimum absolute atomic E-state index is 0.194. The molecule has 1 aliphatic heterocycles. The minimum atomic E-state index is -0.350. The van der Waals surface area contributed by atoms with E-state index in [4.69, 9.17) is 9.47 Å². The Bertz CT molecular complexity index is 591. The van der Waals surface area contributed by atoms with Gasteiger partial charge in [-0.3, -0.25) is 9.89 Å². The minimum Gasteiger partial charge on any atom is -0.486 e. The Hall–Kier alpha value is -1.86. The van der Waals surface area contributed by atoms with Gasteiger partial charge < -0.3 is 20.1 Å². The van der Waals surface area contributed by atoms with Crippen LogP contribution in [-0.4, -0.2) is 69.4 Å². The van der Waals surface area contributed by atoms with Crippen LogP contribution in [0.15, 0.2) is 29.3 Å². The van der Waals surface area contributed by atoms with Crippen LogP contribution in [0.4, 0.5) is 4.39 Å². The van der Waals surface area contributed by atoms with E-state index in [1.54, 1.807) is 25.2 Å². The molecule has 1 heterocycles. The third-order valence-electron chi connectivity index (χ3n) is 4.71. The van der Waals surface area contributed by atoms with Gasteiger partial charge in [-0.15, -0.1) is 0 Å². The molecule has 1 saturated heterocycles. The summed E-state index contributed by atoms with van der Waals surface area (Å²) in [6.45, 7) is 11.2. The molecule has 0 spiro atoms. The summed E-state index contributed by atoms with van der Waals surface area (Å²) in [7, 11) is 1.75. The van der Waals surface area contributed by atoms with Crippen LogP contribution in [0.3, 0.4) is 0 Å². The van der Waals surface area contributed by atoms with Crippen molar-refractivity contribution in [3.8, 4) is 5.75 Å². The van der Waals surface area contributed by atoms with E-state index < -0.39 is 0 Å². The zero-order valence-corrected chi connectivity index (χ0v) is 16.9. The number of nitrogens with zero attached hydrogens (tertiary/aromatic N) is 2. The van der Waals surface area contributed by atoms with Gasteiger partial charge in [0.25, 0.3) is 0 Å². The molecule has 2 rings (SSSR count). The number of hydrogen-bond acceptors (Lipinski definition) is 4. The van der Waals surface area contributed by atoms with Crippen LogP contribution in [-0.2, 0) is 4.74 Å². The summed E-state index contributed by atoms with van der Waals surface area (Å²) in [6, 6.07) is 6.86. The molecule has 152 valence electrons. The molecule has 7 heteroatoms. The van der Waals surface area contributed by atoms with Crippen molar-refractivity contribution in [2.45, 2.75) is 32.9 Å². The van der Waals surface area contributed by atoms with Crippen molar-refractivity contribution in [1.29, 1.82) is 0 Å². The maximum Gasteiger partial charge on any atom is 0.191 e. The van der Waals surface area contributed by atoms with Gasteiger partial charge in [0.05, 0.1) is 19.8 Å². The highest BCUT2D eigenvalue weighted by molar-refractivity contribution is 5.79. The first-order chi connectivity index (χ1) is 13.0. The lowest BCUT2D eigenvalue weighted by Gasteiger charge is -2.37. The average molecular weight is 381 g/mol. The van der Waals surface area contributed by atoms with Crippen LogP contribution in [0, 0.1) is 11.7 Å². The van der Waals surface area contributed by atoms with Gasteiger partial charge in [0.15, 0.2) is 17.5 Å². The van der Waals surface area contributed by atoms with E-state index in [1.165, 1.54) is 6.07 Å². The molecule has 27 heavy (non-hydrogen) atoms. The lowest BCUT2D eigenvalue weighted by Crippen LogP contribution is -2.53. The van der Waals surface area contributed by atoms with E-state index >= 15 is 0 Å². The largest absolute Gasteiger partial charge is 0.486 e. The number of benzene rings is 1. The highest BCUT2D eigenvalue weighted by Gasteiger charge is 2.24. The molecule has 0 aliphatic carbocycles. The van der Waals surface area contributed by atoms with Crippen molar-refractivity contribution in [2.75, 3.05) is 46.4 Å². The second-order valence-electron chi connectivity index (χ2n) is 7.15. The molecule has 1 aromatic rings. The number of halogens is 1. The Morgan fingerprint density at radius 1 is 1.19 bits per heavy atom. The Morgan fingerprint density at radius 2 is 1.85 bits per heavy atom. The molecule has 1 aromatic carbocycles. The fourth-order valence-electron chi connectivity index (χ4n) is 3.16. The molecule has 2 N–H and O–H groups in total. The molecule has 0 radical (unpaired) electrons. The van der Waals surface area contributed by atoms with Gasteiger partial charge in [0.1, 0.15) is 6.10 Å². The third kappa shape index (κ3) is 6.99. The third-order valence-corrected chi connectivity index (χ3v) is 4.71. The first-order valence-corrected chi connectivity index (χ1v) is 9.68. The van der Waals surface area contributed by atoms with Crippen molar-refractivity contribution in [1.82, 2.24) is 15.5 Å².